The second-order valence-electron chi connectivity index (χ2n) is 4.67. The molecule has 0 aromatic heterocycles. The minimum Gasteiger partial charge on any atom is -0.493 e. The molecule has 1 amide bonds. The van der Waals surface area contributed by atoms with Gasteiger partial charge in [0.15, 0.2) is 11.5 Å². The van der Waals surface area contributed by atoms with Crippen LogP contribution in [0.1, 0.15) is 17.3 Å². The number of carbonyl (C=O) groups is 1. The normalized spacial score (nSPS) is 10.1. The lowest BCUT2D eigenvalue weighted by molar-refractivity contribution is -0.385. The highest BCUT2D eigenvalue weighted by Crippen LogP contribution is 2.31. The summed E-state index contributed by atoms with van der Waals surface area (Å²) in [5.74, 6) is 0.331. The van der Waals surface area contributed by atoms with Gasteiger partial charge in [0.2, 0.25) is 0 Å². The zero-order valence-corrected chi connectivity index (χ0v) is 13.8. The Bertz CT molecular complexity index is 779. The number of nitro benzene ring substituents is 1. The molecule has 24 heavy (non-hydrogen) atoms. The fourth-order valence-electron chi connectivity index (χ4n) is 2.07. The van der Waals surface area contributed by atoms with Gasteiger partial charge in [-0.25, -0.2) is 0 Å². The van der Waals surface area contributed by atoms with Crippen molar-refractivity contribution in [3.63, 3.8) is 0 Å². The molecule has 0 spiro atoms. The molecule has 0 saturated heterocycles. The Morgan fingerprint density at radius 2 is 2.00 bits per heavy atom. The standard InChI is InChI=1S/C16H15ClN2O5/c1-3-24-14-7-5-11(9-15(14)23-2)18-16(20)12-8-10(17)4-6-13(12)19(21)22/h4-9H,3H2,1-2H3,(H,18,20). The quantitative estimate of drug-likeness (QED) is 0.630. The van der Waals surface area contributed by atoms with Gasteiger partial charge in [-0.3, -0.25) is 14.9 Å². The molecule has 0 unspecified atom stereocenters. The van der Waals surface area contributed by atoms with Gasteiger partial charge in [-0.05, 0) is 31.2 Å². The predicted molar refractivity (Wildman–Crippen MR) is 90.2 cm³/mol. The van der Waals surface area contributed by atoms with Crippen molar-refractivity contribution in [3.05, 3.63) is 57.1 Å². The van der Waals surface area contributed by atoms with Crippen LogP contribution in [0, 0.1) is 10.1 Å². The fourth-order valence-corrected chi connectivity index (χ4v) is 2.24. The summed E-state index contributed by atoms with van der Waals surface area (Å²) in [6, 6.07) is 8.62. The van der Waals surface area contributed by atoms with Crippen LogP contribution in [-0.2, 0) is 0 Å². The van der Waals surface area contributed by atoms with Crippen molar-refractivity contribution >= 4 is 28.9 Å². The number of hydrogen-bond donors (Lipinski definition) is 1. The van der Waals surface area contributed by atoms with Gasteiger partial charge < -0.3 is 14.8 Å². The van der Waals surface area contributed by atoms with E-state index >= 15 is 0 Å². The molecule has 1 N–H and O–H groups in total. The Balaban J connectivity index is 2.30. The number of benzene rings is 2. The Morgan fingerprint density at radius 3 is 2.62 bits per heavy atom. The van der Waals surface area contributed by atoms with E-state index in [0.717, 1.165) is 0 Å². The molecule has 0 heterocycles. The van der Waals surface area contributed by atoms with Gasteiger partial charge >= 0.3 is 0 Å². The third kappa shape index (κ3) is 3.94. The maximum absolute atomic E-state index is 12.4. The van der Waals surface area contributed by atoms with Gasteiger partial charge in [-0.15, -0.1) is 0 Å². The summed E-state index contributed by atoms with van der Waals surface area (Å²) in [6.07, 6.45) is 0. The first kappa shape index (κ1) is 17.6. The highest BCUT2D eigenvalue weighted by Gasteiger charge is 2.21. The summed E-state index contributed by atoms with van der Waals surface area (Å²) < 4.78 is 10.6. The van der Waals surface area contributed by atoms with Crippen LogP contribution in [0.3, 0.4) is 0 Å². The first-order valence-electron chi connectivity index (χ1n) is 7.02. The Morgan fingerprint density at radius 1 is 1.25 bits per heavy atom. The summed E-state index contributed by atoms with van der Waals surface area (Å²) in [4.78, 5) is 22.8. The highest BCUT2D eigenvalue weighted by molar-refractivity contribution is 6.31. The molecule has 0 fully saturated rings. The van der Waals surface area contributed by atoms with E-state index in [9.17, 15) is 14.9 Å². The third-order valence-electron chi connectivity index (χ3n) is 3.12. The van der Waals surface area contributed by atoms with Crippen molar-refractivity contribution in [2.75, 3.05) is 19.0 Å². The largest absolute Gasteiger partial charge is 0.493 e. The average molecular weight is 351 g/mol. The summed E-state index contributed by atoms with van der Waals surface area (Å²) in [5, 5.41) is 13.9. The zero-order valence-electron chi connectivity index (χ0n) is 13.0. The van der Waals surface area contributed by atoms with Crippen LogP contribution in [0.2, 0.25) is 5.02 Å². The predicted octanol–water partition coefficient (Wildman–Crippen LogP) is 3.91. The number of rotatable bonds is 6. The van der Waals surface area contributed by atoms with E-state index in [4.69, 9.17) is 21.1 Å². The number of methoxy groups -OCH3 is 1. The summed E-state index contributed by atoms with van der Waals surface area (Å²) in [6.45, 7) is 2.31. The smallest absolute Gasteiger partial charge is 0.282 e. The Hall–Kier alpha value is -2.80. The SMILES string of the molecule is CCOc1ccc(NC(=O)c2cc(Cl)ccc2[N+](=O)[O-])cc1OC. The van der Waals surface area contributed by atoms with Crippen molar-refractivity contribution in [3.8, 4) is 11.5 Å². The molecule has 7 nitrogen and oxygen atoms in total. The topological polar surface area (TPSA) is 90.7 Å². The monoisotopic (exact) mass is 350 g/mol. The van der Waals surface area contributed by atoms with E-state index in [2.05, 4.69) is 5.32 Å². The molecule has 0 saturated carbocycles. The van der Waals surface area contributed by atoms with E-state index in [1.807, 2.05) is 6.92 Å². The second-order valence-corrected chi connectivity index (χ2v) is 5.11. The molecule has 8 heteroatoms. The number of nitro groups is 1. The number of carbonyl (C=O) groups excluding carboxylic acids is 1. The Kier molecular flexibility index (Phi) is 5.59. The lowest BCUT2D eigenvalue weighted by Gasteiger charge is -2.12. The number of halogens is 1. The molecule has 0 aliphatic heterocycles. The molecule has 0 atom stereocenters. The Labute approximate surface area is 143 Å². The number of ether oxygens (including phenoxy) is 2. The molecule has 0 aliphatic carbocycles. The molecule has 126 valence electrons. The van der Waals surface area contributed by atoms with Crippen LogP contribution in [0.15, 0.2) is 36.4 Å². The lowest BCUT2D eigenvalue weighted by Crippen LogP contribution is -2.14. The minimum absolute atomic E-state index is 0.125. The summed E-state index contributed by atoms with van der Waals surface area (Å²) in [5.41, 5.74) is -0.0373. The van der Waals surface area contributed by atoms with E-state index in [1.165, 1.54) is 25.3 Å². The second kappa shape index (κ2) is 7.65. The van der Waals surface area contributed by atoms with E-state index in [0.29, 0.717) is 23.8 Å². The van der Waals surface area contributed by atoms with Crippen molar-refractivity contribution in [1.82, 2.24) is 0 Å². The van der Waals surface area contributed by atoms with Crippen LogP contribution in [0.4, 0.5) is 11.4 Å². The molecular formula is C16H15ClN2O5. The molecule has 2 rings (SSSR count). The molecule has 0 bridgehead atoms. The first-order chi connectivity index (χ1) is 11.5. The number of anilines is 1. The van der Waals surface area contributed by atoms with Crippen molar-refractivity contribution in [1.29, 1.82) is 0 Å². The lowest BCUT2D eigenvalue weighted by atomic mass is 10.1. The molecule has 0 aliphatic rings. The van der Waals surface area contributed by atoms with Crippen molar-refractivity contribution in [2.24, 2.45) is 0 Å². The number of hydrogen-bond acceptors (Lipinski definition) is 5. The number of nitrogens with zero attached hydrogens (tertiary/aromatic N) is 1. The van der Waals surface area contributed by atoms with E-state index in [1.54, 1.807) is 18.2 Å². The zero-order chi connectivity index (χ0) is 17.7. The molecule has 2 aromatic carbocycles. The van der Waals surface area contributed by atoms with Crippen LogP contribution >= 0.6 is 11.6 Å². The average Bonchev–Trinajstić information content (AvgIpc) is 2.56. The third-order valence-corrected chi connectivity index (χ3v) is 3.36. The van der Waals surface area contributed by atoms with Gasteiger partial charge in [0.25, 0.3) is 11.6 Å². The van der Waals surface area contributed by atoms with Crippen LogP contribution in [-0.4, -0.2) is 24.5 Å². The van der Waals surface area contributed by atoms with Crippen molar-refractivity contribution in [2.45, 2.75) is 6.92 Å². The molecule has 0 radical (unpaired) electrons. The number of nitrogens with one attached hydrogen (secondary N) is 1. The van der Waals surface area contributed by atoms with Gasteiger partial charge in [-0.2, -0.15) is 0 Å². The fraction of sp³-hybridized carbons (Fsp3) is 0.188. The van der Waals surface area contributed by atoms with Gasteiger partial charge in [-0.1, -0.05) is 11.6 Å². The van der Waals surface area contributed by atoms with Crippen LogP contribution < -0.4 is 14.8 Å². The maximum Gasteiger partial charge on any atom is 0.282 e. The minimum atomic E-state index is -0.643. The summed E-state index contributed by atoms with van der Waals surface area (Å²) in [7, 11) is 1.48. The van der Waals surface area contributed by atoms with Crippen LogP contribution in [0.25, 0.3) is 0 Å². The number of amides is 1. The first-order valence-corrected chi connectivity index (χ1v) is 7.40. The van der Waals surface area contributed by atoms with Gasteiger partial charge in [0.1, 0.15) is 5.56 Å². The van der Waals surface area contributed by atoms with E-state index < -0.39 is 10.8 Å². The van der Waals surface area contributed by atoms with E-state index in [-0.39, 0.29) is 16.3 Å². The molecular weight excluding hydrogens is 336 g/mol. The van der Waals surface area contributed by atoms with Gasteiger partial charge in [0.05, 0.1) is 18.6 Å². The summed E-state index contributed by atoms with van der Waals surface area (Å²) >= 11 is 5.83. The molecule has 2 aromatic rings. The maximum atomic E-state index is 12.4. The van der Waals surface area contributed by atoms with Crippen LogP contribution in [0.5, 0.6) is 11.5 Å². The highest BCUT2D eigenvalue weighted by atomic mass is 35.5. The van der Waals surface area contributed by atoms with Crippen molar-refractivity contribution < 1.29 is 19.2 Å². The van der Waals surface area contributed by atoms with Gasteiger partial charge in [0, 0.05) is 22.8 Å².